The zero-order chi connectivity index (χ0) is 14.9. The van der Waals surface area contributed by atoms with Gasteiger partial charge in [-0.1, -0.05) is 6.07 Å². The van der Waals surface area contributed by atoms with E-state index in [1.165, 1.54) is 6.07 Å². The lowest BCUT2D eigenvalue weighted by molar-refractivity contribution is 0.602. The van der Waals surface area contributed by atoms with Crippen molar-refractivity contribution in [3.8, 4) is 0 Å². The van der Waals surface area contributed by atoms with Crippen LogP contribution >= 0.6 is 0 Å². The van der Waals surface area contributed by atoms with Crippen molar-refractivity contribution >= 4 is 21.2 Å². The standard InChI is InChI=1S/C13H18N4O2S/c1-9-10(8-17(2)16-9)7-15-11-5-4-6-12(13(11)14)20(3,18)19/h4-6,8,15H,7,14H2,1-3H3. The summed E-state index contributed by atoms with van der Waals surface area (Å²) in [5, 5.41) is 7.41. The van der Waals surface area contributed by atoms with Gasteiger partial charge in [-0.2, -0.15) is 5.10 Å². The van der Waals surface area contributed by atoms with Crippen LogP contribution in [0.1, 0.15) is 11.3 Å². The van der Waals surface area contributed by atoms with Gasteiger partial charge in [-0.15, -0.1) is 0 Å². The van der Waals surface area contributed by atoms with E-state index in [0.717, 1.165) is 17.5 Å². The molecule has 0 saturated heterocycles. The first kappa shape index (κ1) is 14.4. The Hall–Kier alpha value is -2.02. The summed E-state index contributed by atoms with van der Waals surface area (Å²) in [6.45, 7) is 2.46. The lowest BCUT2D eigenvalue weighted by Gasteiger charge is -2.11. The van der Waals surface area contributed by atoms with Crippen LogP contribution in [0, 0.1) is 6.92 Å². The number of benzene rings is 1. The molecule has 0 saturated carbocycles. The molecule has 0 unspecified atom stereocenters. The number of aryl methyl sites for hydroxylation is 2. The van der Waals surface area contributed by atoms with Crippen LogP contribution in [0.15, 0.2) is 29.3 Å². The van der Waals surface area contributed by atoms with Crippen molar-refractivity contribution in [2.24, 2.45) is 7.05 Å². The van der Waals surface area contributed by atoms with Gasteiger partial charge in [-0.3, -0.25) is 4.68 Å². The highest BCUT2D eigenvalue weighted by Crippen LogP contribution is 2.27. The third-order valence-corrected chi connectivity index (χ3v) is 4.20. The molecule has 0 amide bonds. The van der Waals surface area contributed by atoms with E-state index in [-0.39, 0.29) is 10.6 Å². The van der Waals surface area contributed by atoms with Crippen LogP contribution in [-0.2, 0) is 23.4 Å². The molecular formula is C13H18N4O2S. The van der Waals surface area contributed by atoms with Crippen molar-refractivity contribution in [2.45, 2.75) is 18.4 Å². The second-order valence-corrected chi connectivity index (χ2v) is 6.74. The van der Waals surface area contributed by atoms with Gasteiger partial charge in [0.1, 0.15) is 0 Å². The minimum atomic E-state index is -3.32. The number of aromatic nitrogens is 2. The van der Waals surface area contributed by atoms with Crippen molar-refractivity contribution in [1.82, 2.24) is 9.78 Å². The number of nitrogens with zero attached hydrogens (tertiary/aromatic N) is 2. The van der Waals surface area contributed by atoms with E-state index in [4.69, 9.17) is 5.73 Å². The molecule has 0 radical (unpaired) electrons. The Bertz CT molecular complexity index is 735. The first-order valence-electron chi connectivity index (χ1n) is 6.10. The van der Waals surface area contributed by atoms with Crippen molar-refractivity contribution in [1.29, 1.82) is 0 Å². The van der Waals surface area contributed by atoms with Crippen LogP contribution in [0.5, 0.6) is 0 Å². The Morgan fingerprint density at radius 3 is 2.65 bits per heavy atom. The number of rotatable bonds is 4. The van der Waals surface area contributed by atoms with Crippen molar-refractivity contribution in [3.63, 3.8) is 0 Å². The summed E-state index contributed by atoms with van der Waals surface area (Å²) >= 11 is 0. The topological polar surface area (TPSA) is 90.0 Å². The number of para-hydroxylation sites is 1. The summed E-state index contributed by atoms with van der Waals surface area (Å²) in [5.41, 5.74) is 8.74. The molecule has 1 heterocycles. The minimum Gasteiger partial charge on any atom is -0.396 e. The molecule has 7 heteroatoms. The van der Waals surface area contributed by atoms with E-state index in [0.29, 0.717) is 12.2 Å². The van der Waals surface area contributed by atoms with Gasteiger partial charge in [0.05, 0.1) is 22.0 Å². The summed E-state index contributed by atoms with van der Waals surface area (Å²) in [6, 6.07) is 4.94. The van der Waals surface area contributed by atoms with Gasteiger partial charge < -0.3 is 11.1 Å². The molecule has 1 aromatic heterocycles. The molecule has 20 heavy (non-hydrogen) atoms. The molecule has 108 valence electrons. The Labute approximate surface area is 118 Å². The average Bonchev–Trinajstić information content (AvgIpc) is 2.65. The monoisotopic (exact) mass is 294 g/mol. The van der Waals surface area contributed by atoms with Crippen molar-refractivity contribution in [2.75, 3.05) is 17.3 Å². The first-order valence-corrected chi connectivity index (χ1v) is 7.99. The molecule has 0 fully saturated rings. The fourth-order valence-electron chi connectivity index (χ4n) is 2.03. The van der Waals surface area contributed by atoms with Gasteiger partial charge in [0.25, 0.3) is 0 Å². The summed E-state index contributed by atoms with van der Waals surface area (Å²) in [7, 11) is -1.47. The predicted octanol–water partition coefficient (Wildman–Crippen LogP) is 1.33. The zero-order valence-corrected chi connectivity index (χ0v) is 12.5. The second-order valence-electron chi connectivity index (χ2n) is 4.76. The van der Waals surface area contributed by atoms with E-state index in [1.807, 2.05) is 20.2 Å². The van der Waals surface area contributed by atoms with Gasteiger partial charge in [-0.05, 0) is 19.1 Å². The van der Waals surface area contributed by atoms with E-state index in [9.17, 15) is 8.42 Å². The lowest BCUT2D eigenvalue weighted by Crippen LogP contribution is -2.07. The van der Waals surface area contributed by atoms with Gasteiger partial charge >= 0.3 is 0 Å². The maximum Gasteiger partial charge on any atom is 0.177 e. The fourth-order valence-corrected chi connectivity index (χ4v) is 2.87. The van der Waals surface area contributed by atoms with Crippen molar-refractivity contribution < 1.29 is 8.42 Å². The summed E-state index contributed by atoms with van der Waals surface area (Å²) in [5.74, 6) is 0. The lowest BCUT2D eigenvalue weighted by atomic mass is 10.2. The molecule has 2 aromatic rings. The third-order valence-electron chi connectivity index (χ3n) is 3.05. The molecule has 0 aliphatic rings. The van der Waals surface area contributed by atoms with Gasteiger partial charge in [-0.25, -0.2) is 8.42 Å². The molecule has 1 aromatic carbocycles. The van der Waals surface area contributed by atoms with E-state index in [2.05, 4.69) is 10.4 Å². The Balaban J connectivity index is 2.25. The molecule has 0 spiro atoms. The summed E-state index contributed by atoms with van der Waals surface area (Å²) in [4.78, 5) is 0.144. The van der Waals surface area contributed by atoms with E-state index >= 15 is 0 Å². The first-order chi connectivity index (χ1) is 9.29. The maximum absolute atomic E-state index is 11.6. The predicted molar refractivity (Wildman–Crippen MR) is 79.2 cm³/mol. The number of hydrogen-bond donors (Lipinski definition) is 2. The van der Waals surface area contributed by atoms with E-state index in [1.54, 1.807) is 16.8 Å². The van der Waals surface area contributed by atoms with Crippen LogP contribution in [0.3, 0.4) is 0 Å². The van der Waals surface area contributed by atoms with Crippen LogP contribution in [0.4, 0.5) is 11.4 Å². The highest BCUT2D eigenvalue weighted by Gasteiger charge is 2.14. The molecule has 0 aliphatic heterocycles. The number of anilines is 2. The van der Waals surface area contributed by atoms with Crippen LogP contribution in [0.2, 0.25) is 0 Å². The molecule has 0 bridgehead atoms. The average molecular weight is 294 g/mol. The minimum absolute atomic E-state index is 0.144. The SMILES string of the molecule is Cc1nn(C)cc1CNc1cccc(S(C)(=O)=O)c1N. The second kappa shape index (κ2) is 5.16. The largest absolute Gasteiger partial charge is 0.396 e. The van der Waals surface area contributed by atoms with Crippen LogP contribution < -0.4 is 11.1 Å². The summed E-state index contributed by atoms with van der Waals surface area (Å²) < 4.78 is 25.0. The number of nitrogen functional groups attached to an aromatic ring is 1. The Kier molecular flexibility index (Phi) is 3.71. The Morgan fingerprint density at radius 1 is 1.40 bits per heavy atom. The van der Waals surface area contributed by atoms with Crippen LogP contribution in [-0.4, -0.2) is 24.5 Å². The molecule has 3 N–H and O–H groups in total. The van der Waals surface area contributed by atoms with E-state index < -0.39 is 9.84 Å². The van der Waals surface area contributed by atoms with Crippen molar-refractivity contribution in [3.05, 3.63) is 35.7 Å². The van der Waals surface area contributed by atoms with Gasteiger partial charge in [0, 0.05) is 31.6 Å². The summed E-state index contributed by atoms with van der Waals surface area (Å²) in [6.07, 6.45) is 3.06. The fraction of sp³-hybridized carbons (Fsp3) is 0.308. The number of sulfone groups is 1. The smallest absolute Gasteiger partial charge is 0.177 e. The molecular weight excluding hydrogens is 276 g/mol. The molecule has 0 aliphatic carbocycles. The highest BCUT2D eigenvalue weighted by atomic mass is 32.2. The van der Waals surface area contributed by atoms with Gasteiger partial charge in [0.15, 0.2) is 9.84 Å². The third kappa shape index (κ3) is 2.93. The molecule has 6 nitrogen and oxygen atoms in total. The van der Waals surface area contributed by atoms with Gasteiger partial charge in [0.2, 0.25) is 0 Å². The normalized spacial score (nSPS) is 11.6. The number of nitrogens with one attached hydrogen (secondary N) is 1. The molecule has 0 atom stereocenters. The number of hydrogen-bond acceptors (Lipinski definition) is 5. The Morgan fingerprint density at radius 2 is 2.10 bits per heavy atom. The quantitative estimate of drug-likeness (QED) is 0.830. The van der Waals surface area contributed by atoms with Crippen LogP contribution in [0.25, 0.3) is 0 Å². The zero-order valence-electron chi connectivity index (χ0n) is 11.7. The number of nitrogens with two attached hydrogens (primary N) is 1. The maximum atomic E-state index is 11.6. The molecule has 2 rings (SSSR count). The highest BCUT2D eigenvalue weighted by molar-refractivity contribution is 7.90.